The zero-order chi connectivity index (χ0) is 27.4. The van der Waals surface area contributed by atoms with Crippen molar-refractivity contribution < 1.29 is 29.0 Å². The van der Waals surface area contributed by atoms with Crippen molar-refractivity contribution in [2.24, 2.45) is 0 Å². The molecule has 1 unspecified atom stereocenters. The topological polar surface area (TPSA) is 106 Å². The van der Waals surface area contributed by atoms with Gasteiger partial charge >= 0.3 is 11.9 Å². The van der Waals surface area contributed by atoms with Crippen molar-refractivity contribution in [3.05, 3.63) is 80.8 Å². The van der Waals surface area contributed by atoms with Gasteiger partial charge in [-0.05, 0) is 62.2 Å². The Balaban J connectivity index is 1.81. The van der Waals surface area contributed by atoms with Gasteiger partial charge in [0.05, 0.1) is 30.5 Å². The summed E-state index contributed by atoms with van der Waals surface area (Å²) < 4.78 is 10.8. The minimum Gasteiger partial charge on any atom is -0.507 e. The third-order valence-electron chi connectivity index (χ3n) is 5.96. The number of aromatic nitrogens is 1. The maximum Gasteiger partial charge on any atom is 0.350 e. The second-order valence-electron chi connectivity index (χ2n) is 8.58. The highest BCUT2D eigenvalue weighted by Crippen LogP contribution is 2.44. The van der Waals surface area contributed by atoms with Gasteiger partial charge < -0.3 is 14.6 Å². The van der Waals surface area contributed by atoms with E-state index in [1.54, 1.807) is 62.4 Å². The molecule has 1 amide bonds. The van der Waals surface area contributed by atoms with Crippen LogP contribution in [0.1, 0.15) is 59.2 Å². The molecular weight excluding hydrogens is 528 g/mol. The molecule has 1 N–H and O–H groups in total. The average Bonchev–Trinajstić information content (AvgIpc) is 3.41. The van der Waals surface area contributed by atoms with E-state index in [0.29, 0.717) is 34.2 Å². The standard InChI is InChI=1S/C28H27ClN2O6S/c1-4-6-14-37-20-12-10-17(11-13-20)23(32)21-22(18-8-7-9-19(29)15-18)31(26(34)24(21)33)28-30-16(3)25(38-28)27(35)36-5-2/h7-13,15,22,32H,4-6,14H2,1-3H3/b23-21+. The molecule has 198 valence electrons. The highest BCUT2D eigenvalue weighted by Gasteiger charge is 2.48. The van der Waals surface area contributed by atoms with Gasteiger partial charge in [-0.1, -0.05) is 48.4 Å². The van der Waals surface area contributed by atoms with E-state index in [2.05, 4.69) is 11.9 Å². The Labute approximate surface area is 229 Å². The molecule has 1 saturated heterocycles. The lowest BCUT2D eigenvalue weighted by molar-refractivity contribution is -0.132. The van der Waals surface area contributed by atoms with Crippen LogP contribution in [0.3, 0.4) is 0 Å². The van der Waals surface area contributed by atoms with Crippen LogP contribution in [0.25, 0.3) is 5.76 Å². The van der Waals surface area contributed by atoms with Gasteiger partial charge in [0.15, 0.2) is 5.13 Å². The van der Waals surface area contributed by atoms with Crippen LogP contribution < -0.4 is 9.64 Å². The number of halogens is 1. The van der Waals surface area contributed by atoms with Crippen LogP contribution >= 0.6 is 22.9 Å². The first kappa shape index (κ1) is 27.3. The number of unbranched alkanes of at least 4 members (excludes halogenated alkanes) is 1. The second-order valence-corrected chi connectivity index (χ2v) is 10.00. The number of anilines is 1. The number of aliphatic hydroxyl groups excluding tert-OH is 1. The first-order chi connectivity index (χ1) is 18.3. The van der Waals surface area contributed by atoms with Crippen molar-refractivity contribution in [2.75, 3.05) is 18.1 Å². The number of aliphatic hydroxyl groups is 1. The lowest BCUT2D eigenvalue weighted by atomic mass is 9.95. The van der Waals surface area contributed by atoms with Crippen molar-refractivity contribution in [2.45, 2.75) is 39.7 Å². The Morgan fingerprint density at radius 1 is 1.16 bits per heavy atom. The van der Waals surface area contributed by atoms with Crippen LogP contribution in [0.15, 0.2) is 54.1 Å². The first-order valence-corrected chi connectivity index (χ1v) is 13.4. The zero-order valence-electron chi connectivity index (χ0n) is 21.2. The number of nitrogens with zero attached hydrogens (tertiary/aromatic N) is 2. The number of ether oxygens (including phenoxy) is 2. The number of hydrogen-bond donors (Lipinski definition) is 1. The number of esters is 1. The summed E-state index contributed by atoms with van der Waals surface area (Å²) in [5, 5.41) is 11.8. The number of rotatable bonds is 9. The van der Waals surface area contributed by atoms with Gasteiger partial charge in [0, 0.05) is 10.6 Å². The molecule has 0 aliphatic carbocycles. The summed E-state index contributed by atoms with van der Waals surface area (Å²) in [6.45, 7) is 6.14. The van der Waals surface area contributed by atoms with Gasteiger partial charge in [-0.25, -0.2) is 9.78 Å². The summed E-state index contributed by atoms with van der Waals surface area (Å²) in [5.41, 5.74) is 1.11. The van der Waals surface area contributed by atoms with E-state index >= 15 is 0 Å². The molecule has 0 bridgehead atoms. The van der Waals surface area contributed by atoms with Crippen LogP contribution in [-0.4, -0.2) is 41.0 Å². The third kappa shape index (κ3) is 5.44. The molecular formula is C28H27ClN2O6S. The number of ketones is 1. The van der Waals surface area contributed by atoms with Crippen molar-refractivity contribution in [3.8, 4) is 5.75 Å². The SMILES string of the molecule is CCCCOc1ccc(/C(O)=C2\C(=O)C(=O)N(c3nc(C)c(C(=O)OCC)s3)C2c2cccc(Cl)c2)cc1. The highest BCUT2D eigenvalue weighted by molar-refractivity contribution is 7.17. The Morgan fingerprint density at radius 3 is 2.55 bits per heavy atom. The van der Waals surface area contributed by atoms with Crippen LogP contribution in [-0.2, 0) is 14.3 Å². The maximum atomic E-state index is 13.4. The van der Waals surface area contributed by atoms with Gasteiger partial charge in [-0.3, -0.25) is 14.5 Å². The molecule has 4 rings (SSSR count). The molecule has 1 aliphatic heterocycles. The van der Waals surface area contributed by atoms with Gasteiger partial charge in [0.25, 0.3) is 5.78 Å². The zero-order valence-corrected chi connectivity index (χ0v) is 22.8. The predicted molar refractivity (Wildman–Crippen MR) is 146 cm³/mol. The summed E-state index contributed by atoms with van der Waals surface area (Å²) >= 11 is 7.20. The number of Topliss-reactive ketones (excluding diaryl/α,β-unsaturated/α-hetero) is 1. The van der Waals surface area contributed by atoms with Crippen LogP contribution in [0.4, 0.5) is 5.13 Å². The summed E-state index contributed by atoms with van der Waals surface area (Å²) in [4.78, 5) is 45.0. The molecule has 0 saturated carbocycles. The van der Waals surface area contributed by atoms with E-state index in [-0.39, 0.29) is 27.9 Å². The molecule has 2 heterocycles. The molecule has 38 heavy (non-hydrogen) atoms. The molecule has 10 heteroatoms. The van der Waals surface area contributed by atoms with Crippen molar-refractivity contribution in [3.63, 3.8) is 0 Å². The fraction of sp³-hybridized carbons (Fsp3) is 0.286. The van der Waals surface area contributed by atoms with Gasteiger partial charge in [-0.2, -0.15) is 0 Å². The number of carbonyl (C=O) groups is 3. The number of amides is 1. The minimum atomic E-state index is -1.02. The molecule has 1 fully saturated rings. The van der Waals surface area contributed by atoms with Crippen molar-refractivity contribution in [1.82, 2.24) is 4.98 Å². The second kappa shape index (κ2) is 11.8. The molecule has 1 atom stereocenters. The molecule has 2 aromatic carbocycles. The normalized spacial score (nSPS) is 16.6. The Kier molecular flexibility index (Phi) is 8.48. The van der Waals surface area contributed by atoms with Crippen LogP contribution in [0, 0.1) is 6.92 Å². The molecule has 0 radical (unpaired) electrons. The van der Waals surface area contributed by atoms with Gasteiger partial charge in [-0.15, -0.1) is 0 Å². The average molecular weight is 555 g/mol. The predicted octanol–water partition coefficient (Wildman–Crippen LogP) is 6.09. The van der Waals surface area contributed by atoms with Gasteiger partial charge in [0.1, 0.15) is 16.4 Å². The quantitative estimate of drug-likeness (QED) is 0.112. The molecule has 8 nitrogen and oxygen atoms in total. The molecule has 1 aliphatic rings. The van der Waals surface area contributed by atoms with E-state index in [4.69, 9.17) is 21.1 Å². The van der Waals surface area contributed by atoms with E-state index < -0.39 is 23.7 Å². The van der Waals surface area contributed by atoms with E-state index in [9.17, 15) is 19.5 Å². The van der Waals surface area contributed by atoms with E-state index in [1.807, 2.05) is 0 Å². The maximum absolute atomic E-state index is 13.4. The smallest absolute Gasteiger partial charge is 0.350 e. The third-order valence-corrected chi connectivity index (χ3v) is 7.33. The fourth-order valence-electron chi connectivity index (χ4n) is 4.09. The Morgan fingerprint density at radius 2 is 1.89 bits per heavy atom. The highest BCUT2D eigenvalue weighted by atomic mass is 35.5. The number of thiazole rings is 1. The minimum absolute atomic E-state index is 0.109. The number of hydrogen-bond acceptors (Lipinski definition) is 8. The van der Waals surface area contributed by atoms with Crippen molar-refractivity contribution in [1.29, 1.82) is 0 Å². The summed E-state index contributed by atoms with van der Waals surface area (Å²) in [5.74, 6) is -2.02. The van der Waals surface area contributed by atoms with E-state index in [0.717, 1.165) is 24.2 Å². The number of carbonyl (C=O) groups excluding carboxylic acids is 3. The molecule has 0 spiro atoms. The number of benzene rings is 2. The first-order valence-electron chi connectivity index (χ1n) is 12.2. The van der Waals surface area contributed by atoms with Crippen LogP contribution in [0.2, 0.25) is 5.02 Å². The molecule has 1 aromatic heterocycles. The monoisotopic (exact) mass is 554 g/mol. The lowest BCUT2D eigenvalue weighted by Gasteiger charge is -2.23. The fourth-order valence-corrected chi connectivity index (χ4v) is 5.28. The summed E-state index contributed by atoms with van der Waals surface area (Å²) in [6.07, 6.45) is 1.92. The van der Waals surface area contributed by atoms with Gasteiger partial charge in [0.2, 0.25) is 0 Å². The summed E-state index contributed by atoms with van der Waals surface area (Å²) in [6, 6.07) is 12.3. The number of aryl methyl sites for hydroxylation is 1. The summed E-state index contributed by atoms with van der Waals surface area (Å²) in [7, 11) is 0. The lowest BCUT2D eigenvalue weighted by Crippen LogP contribution is -2.29. The largest absolute Gasteiger partial charge is 0.507 e. The Hall–Kier alpha value is -3.69. The Bertz CT molecular complexity index is 1400. The van der Waals surface area contributed by atoms with E-state index in [1.165, 1.54) is 4.90 Å². The molecule has 3 aromatic rings. The van der Waals surface area contributed by atoms with Crippen molar-refractivity contribution >= 4 is 51.5 Å². The van der Waals surface area contributed by atoms with Crippen LogP contribution in [0.5, 0.6) is 5.75 Å².